The third kappa shape index (κ3) is 4.98. The highest BCUT2D eigenvalue weighted by Gasteiger charge is 2.53. The Morgan fingerprint density at radius 2 is 2.00 bits per heavy atom. The maximum atomic E-state index is 12.8. The van der Waals surface area contributed by atoms with Crippen LogP contribution in [0.4, 0.5) is 5.69 Å². The molecule has 0 aromatic heterocycles. The van der Waals surface area contributed by atoms with Crippen molar-refractivity contribution >= 4 is 11.7 Å². The van der Waals surface area contributed by atoms with Gasteiger partial charge in [0.2, 0.25) is 0 Å². The van der Waals surface area contributed by atoms with Crippen molar-refractivity contribution in [1.82, 2.24) is 0 Å². The Labute approximate surface area is 178 Å². The van der Waals surface area contributed by atoms with E-state index < -0.39 is 0 Å². The second kappa shape index (κ2) is 9.53. The highest BCUT2D eigenvalue weighted by molar-refractivity contribution is 5.90. The van der Waals surface area contributed by atoms with Crippen molar-refractivity contribution in [1.29, 1.82) is 0 Å². The maximum Gasteiger partial charge on any atom is 0.338 e. The maximum absolute atomic E-state index is 12.8. The lowest BCUT2D eigenvalue weighted by Gasteiger charge is -2.46. The van der Waals surface area contributed by atoms with Crippen molar-refractivity contribution < 1.29 is 9.53 Å². The lowest BCUT2D eigenvalue weighted by molar-refractivity contribution is -0.0473. The van der Waals surface area contributed by atoms with E-state index in [-0.39, 0.29) is 12.1 Å². The summed E-state index contributed by atoms with van der Waals surface area (Å²) in [6.45, 7) is 9.61. The number of esters is 1. The van der Waals surface area contributed by atoms with E-state index in [2.05, 4.69) is 33.0 Å². The van der Waals surface area contributed by atoms with Gasteiger partial charge in [0.1, 0.15) is 6.10 Å². The second-order valence-corrected chi connectivity index (χ2v) is 10.3. The number of rotatable bonds is 8. The van der Waals surface area contributed by atoms with Crippen LogP contribution in [0.3, 0.4) is 0 Å². The topological polar surface area (TPSA) is 38.3 Å². The number of fused-ring (bicyclic) bond motifs is 1. The van der Waals surface area contributed by atoms with Crippen LogP contribution in [0.1, 0.15) is 89.4 Å². The van der Waals surface area contributed by atoms with E-state index in [4.69, 9.17) is 4.74 Å². The standard InChI is InChI=1S/C26H41NO2/c1-18(2)9-6-10-19(3)22-14-15-23-24(13-8-16-26(22,23)4)29-25(28)20-11-7-12-21(17-20)27-5/h7,11-12,17-19,22-24,27H,6,8-10,13-16H2,1-5H3/t19-,22-,23+,24+,26-/m1/s1. The molecule has 1 aromatic rings. The van der Waals surface area contributed by atoms with Crippen LogP contribution < -0.4 is 5.32 Å². The Morgan fingerprint density at radius 3 is 2.72 bits per heavy atom. The second-order valence-electron chi connectivity index (χ2n) is 10.3. The van der Waals surface area contributed by atoms with Gasteiger partial charge >= 0.3 is 5.97 Å². The van der Waals surface area contributed by atoms with Crippen LogP contribution in [0.5, 0.6) is 0 Å². The molecule has 2 aliphatic rings. The molecule has 0 heterocycles. The van der Waals surface area contributed by atoms with Crippen LogP contribution in [0.25, 0.3) is 0 Å². The predicted octanol–water partition coefficient (Wildman–Crippen LogP) is 6.93. The summed E-state index contributed by atoms with van der Waals surface area (Å²) in [7, 11) is 1.87. The summed E-state index contributed by atoms with van der Waals surface area (Å²) in [5, 5.41) is 3.10. The summed E-state index contributed by atoms with van der Waals surface area (Å²) >= 11 is 0. The number of benzene rings is 1. The van der Waals surface area contributed by atoms with Gasteiger partial charge in [0, 0.05) is 18.7 Å². The molecule has 0 saturated heterocycles. The fourth-order valence-corrected chi connectivity index (χ4v) is 6.29. The van der Waals surface area contributed by atoms with Crippen LogP contribution >= 0.6 is 0 Å². The van der Waals surface area contributed by atoms with Crippen molar-refractivity contribution in [3.05, 3.63) is 29.8 Å². The van der Waals surface area contributed by atoms with Gasteiger partial charge in [-0.05, 0) is 73.5 Å². The molecule has 0 aliphatic heterocycles. The van der Waals surface area contributed by atoms with Gasteiger partial charge in [-0.25, -0.2) is 4.79 Å². The quantitative estimate of drug-likeness (QED) is 0.481. The molecule has 3 heteroatoms. The molecule has 162 valence electrons. The lowest BCUT2D eigenvalue weighted by atomic mass is 9.61. The van der Waals surface area contributed by atoms with Gasteiger partial charge in [-0.1, -0.05) is 53.0 Å². The number of hydrogen-bond acceptors (Lipinski definition) is 3. The summed E-state index contributed by atoms with van der Waals surface area (Å²) in [6.07, 6.45) is 10.1. The van der Waals surface area contributed by atoms with Gasteiger partial charge < -0.3 is 10.1 Å². The highest BCUT2D eigenvalue weighted by atomic mass is 16.5. The molecule has 0 unspecified atom stereocenters. The molecular formula is C26H41NO2. The first-order valence-corrected chi connectivity index (χ1v) is 11.8. The third-order valence-electron chi connectivity index (χ3n) is 7.91. The largest absolute Gasteiger partial charge is 0.458 e. The van der Waals surface area contributed by atoms with Crippen molar-refractivity contribution in [2.24, 2.45) is 29.1 Å². The zero-order valence-corrected chi connectivity index (χ0v) is 19.2. The minimum Gasteiger partial charge on any atom is -0.458 e. The highest BCUT2D eigenvalue weighted by Crippen LogP contribution is 2.58. The van der Waals surface area contributed by atoms with E-state index in [1.54, 1.807) is 0 Å². The van der Waals surface area contributed by atoms with Gasteiger partial charge in [0.05, 0.1) is 5.56 Å². The van der Waals surface area contributed by atoms with E-state index in [1.165, 1.54) is 44.9 Å². The monoisotopic (exact) mass is 399 g/mol. The van der Waals surface area contributed by atoms with E-state index in [0.29, 0.717) is 16.9 Å². The number of hydrogen-bond donors (Lipinski definition) is 1. The lowest BCUT2D eigenvalue weighted by Crippen LogP contribution is -2.43. The van der Waals surface area contributed by atoms with Crippen LogP contribution in [-0.2, 0) is 4.74 Å². The molecule has 2 fully saturated rings. The fraction of sp³-hybridized carbons (Fsp3) is 0.731. The summed E-state index contributed by atoms with van der Waals surface area (Å²) in [5.41, 5.74) is 1.93. The number of ether oxygens (including phenoxy) is 1. The third-order valence-corrected chi connectivity index (χ3v) is 7.91. The number of nitrogens with one attached hydrogen (secondary N) is 1. The number of carbonyl (C=O) groups excluding carboxylic acids is 1. The molecule has 5 atom stereocenters. The zero-order chi connectivity index (χ0) is 21.0. The van der Waals surface area contributed by atoms with E-state index in [1.807, 2.05) is 31.3 Å². The molecular weight excluding hydrogens is 358 g/mol. The van der Waals surface area contributed by atoms with Gasteiger partial charge in [0.15, 0.2) is 0 Å². The molecule has 1 aromatic carbocycles. The SMILES string of the molecule is CNc1cccc(C(=O)O[C@H]2CCC[C@]3(C)[C@@H]([C@H](C)CCCC(C)C)CC[C@@H]23)c1. The van der Waals surface area contributed by atoms with Gasteiger partial charge in [0.25, 0.3) is 0 Å². The first-order valence-electron chi connectivity index (χ1n) is 11.8. The first-order chi connectivity index (χ1) is 13.8. The zero-order valence-electron chi connectivity index (χ0n) is 19.2. The summed E-state index contributed by atoms with van der Waals surface area (Å²) in [6, 6.07) is 7.63. The van der Waals surface area contributed by atoms with Crippen LogP contribution in [-0.4, -0.2) is 19.1 Å². The van der Waals surface area contributed by atoms with Crippen molar-refractivity contribution in [3.63, 3.8) is 0 Å². The van der Waals surface area contributed by atoms with Crippen LogP contribution in [0.15, 0.2) is 24.3 Å². The van der Waals surface area contributed by atoms with Crippen LogP contribution in [0.2, 0.25) is 0 Å². The molecule has 0 spiro atoms. The van der Waals surface area contributed by atoms with Crippen LogP contribution in [0, 0.1) is 29.1 Å². The van der Waals surface area contributed by atoms with E-state index in [9.17, 15) is 4.79 Å². The minimum atomic E-state index is -0.162. The van der Waals surface area contributed by atoms with Crippen molar-refractivity contribution in [3.8, 4) is 0 Å². The summed E-state index contributed by atoms with van der Waals surface area (Å²) < 4.78 is 6.13. The molecule has 1 N–H and O–H groups in total. The Bertz CT molecular complexity index is 685. The smallest absolute Gasteiger partial charge is 0.338 e. The Hall–Kier alpha value is -1.51. The van der Waals surface area contributed by atoms with Gasteiger partial charge in [-0.2, -0.15) is 0 Å². The molecule has 0 radical (unpaired) electrons. The van der Waals surface area contributed by atoms with Gasteiger partial charge in [-0.15, -0.1) is 0 Å². The molecule has 29 heavy (non-hydrogen) atoms. The number of carbonyl (C=O) groups is 1. The van der Waals surface area contributed by atoms with E-state index >= 15 is 0 Å². The van der Waals surface area contributed by atoms with Crippen molar-refractivity contribution in [2.75, 3.05) is 12.4 Å². The average molecular weight is 400 g/mol. The number of anilines is 1. The Balaban J connectivity index is 1.65. The predicted molar refractivity (Wildman–Crippen MR) is 121 cm³/mol. The summed E-state index contributed by atoms with van der Waals surface area (Å²) in [4.78, 5) is 12.8. The minimum absolute atomic E-state index is 0.0763. The van der Waals surface area contributed by atoms with Crippen molar-refractivity contribution in [2.45, 2.75) is 85.2 Å². The molecule has 0 amide bonds. The van der Waals surface area contributed by atoms with Gasteiger partial charge in [-0.3, -0.25) is 0 Å². The molecule has 2 saturated carbocycles. The molecule has 3 nitrogen and oxygen atoms in total. The normalized spacial score (nSPS) is 30.1. The average Bonchev–Trinajstić information content (AvgIpc) is 3.05. The first kappa shape index (κ1) is 22.2. The Kier molecular flexibility index (Phi) is 7.29. The molecule has 0 bridgehead atoms. The fourth-order valence-electron chi connectivity index (χ4n) is 6.29. The van der Waals surface area contributed by atoms with E-state index in [0.717, 1.165) is 29.9 Å². The summed E-state index contributed by atoms with van der Waals surface area (Å²) in [5.74, 6) is 2.70. The Morgan fingerprint density at radius 1 is 1.21 bits per heavy atom. The molecule has 3 rings (SSSR count). The molecule has 2 aliphatic carbocycles.